The van der Waals surface area contributed by atoms with E-state index in [1.807, 2.05) is 7.05 Å². The number of hydrogen-bond donors (Lipinski definition) is 1. The topological polar surface area (TPSA) is 49.4 Å². The lowest BCUT2D eigenvalue weighted by molar-refractivity contribution is 0.231. The highest BCUT2D eigenvalue weighted by Crippen LogP contribution is 2.13. The van der Waals surface area contributed by atoms with E-state index >= 15 is 0 Å². The van der Waals surface area contributed by atoms with Crippen LogP contribution in [-0.2, 0) is 9.84 Å². The fourth-order valence-electron chi connectivity index (χ4n) is 1.86. The van der Waals surface area contributed by atoms with E-state index in [0.29, 0.717) is 18.5 Å². The number of nitrogens with zero attached hydrogens (tertiary/aromatic N) is 1. The van der Waals surface area contributed by atoms with Gasteiger partial charge in [0.1, 0.15) is 9.84 Å². The van der Waals surface area contributed by atoms with Crippen LogP contribution in [-0.4, -0.2) is 58.1 Å². The molecule has 0 aromatic carbocycles. The van der Waals surface area contributed by atoms with E-state index in [9.17, 15) is 8.42 Å². The first-order valence-electron chi connectivity index (χ1n) is 4.99. The number of rotatable bonds is 4. The second-order valence-corrected chi connectivity index (χ2v) is 6.57. The van der Waals surface area contributed by atoms with Crippen LogP contribution in [0.2, 0.25) is 0 Å². The fraction of sp³-hybridized carbons (Fsp3) is 1.00. The van der Waals surface area contributed by atoms with Crippen LogP contribution in [0.15, 0.2) is 0 Å². The molecule has 2 atom stereocenters. The third-order valence-corrected chi connectivity index (χ3v) is 3.78. The van der Waals surface area contributed by atoms with Gasteiger partial charge >= 0.3 is 0 Å². The van der Waals surface area contributed by atoms with Crippen molar-refractivity contribution in [3.63, 3.8) is 0 Å². The molecule has 5 heteroatoms. The van der Waals surface area contributed by atoms with Crippen molar-refractivity contribution in [2.45, 2.75) is 13.0 Å². The second kappa shape index (κ2) is 4.59. The zero-order valence-corrected chi connectivity index (χ0v) is 9.97. The normalized spacial score (nSPS) is 28.6. The van der Waals surface area contributed by atoms with E-state index in [2.05, 4.69) is 17.1 Å². The molecule has 0 aromatic heterocycles. The molecular weight excluding hydrogens is 200 g/mol. The molecule has 0 aromatic rings. The van der Waals surface area contributed by atoms with E-state index in [1.54, 1.807) is 0 Å². The summed E-state index contributed by atoms with van der Waals surface area (Å²) in [6.45, 7) is 4.84. The summed E-state index contributed by atoms with van der Waals surface area (Å²) in [5.74, 6) is 0.867. The van der Waals surface area contributed by atoms with Gasteiger partial charge in [-0.1, -0.05) is 6.92 Å². The monoisotopic (exact) mass is 220 g/mol. The molecular formula is C9H20N2O2S. The average Bonchev–Trinajstić information content (AvgIpc) is 2.46. The van der Waals surface area contributed by atoms with Gasteiger partial charge in [-0.25, -0.2) is 8.42 Å². The van der Waals surface area contributed by atoms with Gasteiger partial charge in [0.2, 0.25) is 0 Å². The standard InChI is InChI=1S/C9H20N2O2S/c1-8-6-10-7-9(8)11(2)4-5-14(3,12)13/h8-10H,4-7H2,1-3H3. The molecule has 0 aliphatic carbocycles. The summed E-state index contributed by atoms with van der Waals surface area (Å²) < 4.78 is 22.0. The van der Waals surface area contributed by atoms with Gasteiger partial charge in [-0.3, -0.25) is 0 Å². The molecule has 1 fully saturated rings. The van der Waals surface area contributed by atoms with Crippen LogP contribution in [0.25, 0.3) is 0 Å². The Morgan fingerprint density at radius 2 is 2.07 bits per heavy atom. The van der Waals surface area contributed by atoms with Crippen LogP contribution in [0, 0.1) is 5.92 Å². The zero-order valence-electron chi connectivity index (χ0n) is 9.16. The van der Waals surface area contributed by atoms with Gasteiger partial charge in [0, 0.05) is 25.4 Å². The molecule has 1 heterocycles. The molecule has 14 heavy (non-hydrogen) atoms. The molecule has 1 aliphatic rings. The number of sulfone groups is 1. The van der Waals surface area contributed by atoms with Crippen molar-refractivity contribution in [1.82, 2.24) is 10.2 Å². The minimum atomic E-state index is -2.83. The Morgan fingerprint density at radius 1 is 1.43 bits per heavy atom. The van der Waals surface area contributed by atoms with Gasteiger partial charge in [0.25, 0.3) is 0 Å². The Kier molecular flexibility index (Phi) is 3.92. The number of nitrogens with one attached hydrogen (secondary N) is 1. The molecule has 2 unspecified atom stereocenters. The van der Waals surface area contributed by atoms with Crippen LogP contribution < -0.4 is 5.32 Å². The quantitative estimate of drug-likeness (QED) is 0.698. The van der Waals surface area contributed by atoms with Crippen molar-refractivity contribution in [1.29, 1.82) is 0 Å². The van der Waals surface area contributed by atoms with Gasteiger partial charge < -0.3 is 10.2 Å². The fourth-order valence-corrected chi connectivity index (χ4v) is 2.48. The Labute approximate surface area is 86.6 Å². The van der Waals surface area contributed by atoms with Crippen molar-refractivity contribution in [2.24, 2.45) is 5.92 Å². The molecule has 1 N–H and O–H groups in total. The minimum Gasteiger partial charge on any atom is -0.315 e. The van der Waals surface area contributed by atoms with Crippen LogP contribution in [0.3, 0.4) is 0 Å². The van der Waals surface area contributed by atoms with Gasteiger partial charge in [0.15, 0.2) is 0 Å². The highest BCUT2D eigenvalue weighted by atomic mass is 32.2. The summed E-state index contributed by atoms with van der Waals surface area (Å²) in [4.78, 5) is 2.14. The lowest BCUT2D eigenvalue weighted by Gasteiger charge is -2.26. The lowest BCUT2D eigenvalue weighted by atomic mass is 10.1. The number of likely N-dealkylation sites (N-methyl/N-ethyl adjacent to an activating group) is 1. The highest BCUT2D eigenvalue weighted by Gasteiger charge is 2.26. The second-order valence-electron chi connectivity index (χ2n) is 4.31. The first kappa shape index (κ1) is 11.9. The molecule has 0 bridgehead atoms. The van der Waals surface area contributed by atoms with Gasteiger partial charge in [-0.2, -0.15) is 0 Å². The average molecular weight is 220 g/mol. The van der Waals surface area contributed by atoms with Crippen molar-refractivity contribution in [2.75, 3.05) is 38.7 Å². The van der Waals surface area contributed by atoms with Gasteiger partial charge in [0.05, 0.1) is 5.75 Å². The molecule has 0 amide bonds. The van der Waals surface area contributed by atoms with E-state index in [1.165, 1.54) is 6.26 Å². The van der Waals surface area contributed by atoms with E-state index in [-0.39, 0.29) is 5.75 Å². The predicted molar refractivity (Wildman–Crippen MR) is 58.2 cm³/mol. The summed E-state index contributed by atoms with van der Waals surface area (Å²) >= 11 is 0. The third-order valence-electron chi connectivity index (χ3n) is 2.86. The SMILES string of the molecule is CC1CNCC1N(C)CCS(C)(=O)=O. The summed E-state index contributed by atoms with van der Waals surface area (Å²) in [6.07, 6.45) is 1.29. The smallest absolute Gasteiger partial charge is 0.148 e. The van der Waals surface area contributed by atoms with Crippen LogP contribution >= 0.6 is 0 Å². The molecule has 0 saturated carbocycles. The Morgan fingerprint density at radius 3 is 2.50 bits per heavy atom. The summed E-state index contributed by atoms with van der Waals surface area (Å²) in [5, 5.41) is 3.31. The van der Waals surface area contributed by atoms with Crippen molar-refractivity contribution in [3.8, 4) is 0 Å². The molecule has 1 saturated heterocycles. The Hall–Kier alpha value is -0.130. The van der Waals surface area contributed by atoms with E-state index < -0.39 is 9.84 Å². The zero-order chi connectivity index (χ0) is 10.8. The molecule has 4 nitrogen and oxygen atoms in total. The Balaban J connectivity index is 2.38. The van der Waals surface area contributed by atoms with E-state index in [0.717, 1.165) is 13.1 Å². The molecule has 84 valence electrons. The lowest BCUT2D eigenvalue weighted by Crippen LogP contribution is -2.39. The van der Waals surface area contributed by atoms with Crippen LogP contribution in [0.5, 0.6) is 0 Å². The highest BCUT2D eigenvalue weighted by molar-refractivity contribution is 7.90. The molecule has 1 rings (SSSR count). The van der Waals surface area contributed by atoms with Crippen molar-refractivity contribution >= 4 is 9.84 Å². The van der Waals surface area contributed by atoms with E-state index in [4.69, 9.17) is 0 Å². The maximum Gasteiger partial charge on any atom is 0.148 e. The predicted octanol–water partition coefficient (Wildman–Crippen LogP) is -0.429. The van der Waals surface area contributed by atoms with Gasteiger partial charge in [-0.05, 0) is 19.5 Å². The maximum atomic E-state index is 11.0. The minimum absolute atomic E-state index is 0.257. The first-order chi connectivity index (χ1) is 6.40. The third kappa shape index (κ3) is 3.55. The molecule has 1 aliphatic heterocycles. The van der Waals surface area contributed by atoms with Crippen molar-refractivity contribution < 1.29 is 8.42 Å². The summed E-state index contributed by atoms with van der Waals surface area (Å²) in [6, 6.07) is 0.483. The van der Waals surface area contributed by atoms with Crippen molar-refractivity contribution in [3.05, 3.63) is 0 Å². The van der Waals surface area contributed by atoms with Crippen LogP contribution in [0.4, 0.5) is 0 Å². The summed E-state index contributed by atoms with van der Waals surface area (Å²) in [7, 11) is -0.829. The van der Waals surface area contributed by atoms with Gasteiger partial charge in [-0.15, -0.1) is 0 Å². The molecule has 0 spiro atoms. The Bertz CT molecular complexity index is 277. The molecule has 0 radical (unpaired) electrons. The summed E-state index contributed by atoms with van der Waals surface area (Å²) in [5.41, 5.74) is 0. The first-order valence-corrected chi connectivity index (χ1v) is 7.05. The maximum absolute atomic E-state index is 11.0. The number of hydrogen-bond acceptors (Lipinski definition) is 4. The van der Waals surface area contributed by atoms with Crippen LogP contribution in [0.1, 0.15) is 6.92 Å². The largest absolute Gasteiger partial charge is 0.315 e.